The Balaban J connectivity index is 1.93. The summed E-state index contributed by atoms with van der Waals surface area (Å²) in [4.78, 5) is 11.3. The molecule has 1 fully saturated rings. The standard InChI is InChI=1S/C14H15ClFNO/c15-14(8-2-1-3-8)10-6-9-4-5-13(18)17-12(9)7-11(10)16/h6-8,14H,1-5H2,(H,17,18). The van der Waals surface area contributed by atoms with E-state index in [0.717, 1.165) is 18.4 Å². The highest BCUT2D eigenvalue weighted by Crippen LogP contribution is 2.43. The zero-order valence-corrected chi connectivity index (χ0v) is 10.8. The molecule has 0 spiro atoms. The van der Waals surface area contributed by atoms with Crippen LogP contribution in [0.5, 0.6) is 0 Å². The maximum atomic E-state index is 14.0. The minimum atomic E-state index is -0.303. The van der Waals surface area contributed by atoms with Crippen LogP contribution in [0.2, 0.25) is 0 Å². The van der Waals surface area contributed by atoms with Crippen LogP contribution in [-0.2, 0) is 11.2 Å². The zero-order chi connectivity index (χ0) is 12.7. The van der Waals surface area contributed by atoms with Gasteiger partial charge in [0.05, 0.1) is 5.38 Å². The SMILES string of the molecule is O=C1CCc2cc(C(Cl)C3CCC3)c(F)cc2N1. The Bertz CT molecular complexity index is 499. The predicted molar refractivity (Wildman–Crippen MR) is 69.3 cm³/mol. The number of carbonyl (C=O) groups excluding carboxylic acids is 1. The number of carbonyl (C=O) groups is 1. The van der Waals surface area contributed by atoms with Crippen molar-refractivity contribution in [2.45, 2.75) is 37.5 Å². The van der Waals surface area contributed by atoms with Crippen LogP contribution in [0.25, 0.3) is 0 Å². The van der Waals surface area contributed by atoms with Gasteiger partial charge in [0.2, 0.25) is 5.91 Å². The molecule has 1 unspecified atom stereocenters. The monoisotopic (exact) mass is 267 g/mol. The number of aryl methyl sites for hydroxylation is 1. The van der Waals surface area contributed by atoms with Crippen LogP contribution in [0, 0.1) is 11.7 Å². The Morgan fingerprint density at radius 2 is 2.11 bits per heavy atom. The van der Waals surface area contributed by atoms with Gasteiger partial charge in [-0.25, -0.2) is 4.39 Å². The second-order valence-electron chi connectivity index (χ2n) is 5.17. The minimum absolute atomic E-state index is 0.0453. The van der Waals surface area contributed by atoms with Crippen LogP contribution in [-0.4, -0.2) is 5.91 Å². The molecule has 0 bridgehead atoms. The zero-order valence-electron chi connectivity index (χ0n) is 10.0. The smallest absolute Gasteiger partial charge is 0.224 e. The fourth-order valence-electron chi connectivity index (χ4n) is 2.62. The average Bonchev–Trinajstić information content (AvgIpc) is 2.25. The molecule has 1 aliphatic carbocycles. The molecule has 1 aromatic rings. The average molecular weight is 268 g/mol. The molecule has 1 saturated carbocycles. The third-order valence-corrected chi connectivity index (χ3v) is 4.57. The summed E-state index contributed by atoms with van der Waals surface area (Å²) in [5.74, 6) is 0.0521. The maximum Gasteiger partial charge on any atom is 0.224 e. The van der Waals surface area contributed by atoms with Gasteiger partial charge >= 0.3 is 0 Å². The number of fused-ring (bicyclic) bond motifs is 1. The lowest BCUT2D eigenvalue weighted by Gasteiger charge is -2.31. The molecule has 18 heavy (non-hydrogen) atoms. The molecular formula is C14H15ClFNO. The first-order chi connectivity index (χ1) is 8.65. The lowest BCUT2D eigenvalue weighted by Crippen LogP contribution is -2.21. The fraction of sp³-hybridized carbons (Fsp3) is 0.500. The quantitative estimate of drug-likeness (QED) is 0.812. The molecule has 96 valence electrons. The molecule has 1 aliphatic heterocycles. The fourth-order valence-corrected chi connectivity index (χ4v) is 3.04. The molecule has 4 heteroatoms. The van der Waals surface area contributed by atoms with Gasteiger partial charge in [0.15, 0.2) is 0 Å². The minimum Gasteiger partial charge on any atom is -0.326 e. The molecule has 0 saturated heterocycles. The van der Waals surface area contributed by atoms with Crippen molar-refractivity contribution in [3.8, 4) is 0 Å². The van der Waals surface area contributed by atoms with E-state index < -0.39 is 0 Å². The number of amides is 1. The van der Waals surface area contributed by atoms with Crippen molar-refractivity contribution in [3.05, 3.63) is 29.1 Å². The molecule has 1 heterocycles. The van der Waals surface area contributed by atoms with Gasteiger partial charge in [-0.2, -0.15) is 0 Å². The first-order valence-corrected chi connectivity index (χ1v) is 6.85. The number of hydrogen-bond acceptors (Lipinski definition) is 1. The molecule has 2 nitrogen and oxygen atoms in total. The molecule has 1 aromatic carbocycles. The molecule has 0 radical (unpaired) electrons. The number of rotatable bonds is 2. The molecule has 3 rings (SSSR count). The molecular weight excluding hydrogens is 253 g/mol. The lowest BCUT2D eigenvalue weighted by atomic mass is 9.80. The topological polar surface area (TPSA) is 29.1 Å². The molecule has 1 amide bonds. The van der Waals surface area contributed by atoms with Crippen molar-refractivity contribution in [1.29, 1.82) is 0 Å². The van der Waals surface area contributed by atoms with Crippen LogP contribution >= 0.6 is 11.6 Å². The number of benzene rings is 1. The number of nitrogens with one attached hydrogen (secondary N) is 1. The van der Waals surface area contributed by atoms with Gasteiger partial charge in [0.25, 0.3) is 0 Å². The Morgan fingerprint density at radius 3 is 2.78 bits per heavy atom. The largest absolute Gasteiger partial charge is 0.326 e. The summed E-state index contributed by atoms with van der Waals surface area (Å²) in [5.41, 5.74) is 2.19. The van der Waals surface area contributed by atoms with Gasteiger partial charge in [0.1, 0.15) is 5.82 Å². The van der Waals surface area contributed by atoms with Crippen LogP contribution in [0.4, 0.5) is 10.1 Å². The number of halogens is 2. The van der Waals surface area contributed by atoms with E-state index in [1.165, 1.54) is 12.5 Å². The van der Waals surface area contributed by atoms with E-state index in [4.69, 9.17) is 11.6 Å². The second-order valence-corrected chi connectivity index (χ2v) is 5.64. The molecule has 2 aliphatic rings. The van der Waals surface area contributed by atoms with Crippen LogP contribution in [0.1, 0.15) is 42.2 Å². The van der Waals surface area contributed by atoms with Crippen molar-refractivity contribution < 1.29 is 9.18 Å². The Hall–Kier alpha value is -1.09. The van der Waals surface area contributed by atoms with E-state index in [1.54, 1.807) is 0 Å². The van der Waals surface area contributed by atoms with Gasteiger partial charge < -0.3 is 5.32 Å². The first-order valence-electron chi connectivity index (χ1n) is 6.41. The van der Waals surface area contributed by atoms with Crippen LogP contribution in [0.15, 0.2) is 12.1 Å². The molecule has 0 aromatic heterocycles. The van der Waals surface area contributed by atoms with Gasteiger partial charge in [-0.15, -0.1) is 11.6 Å². The summed E-state index contributed by atoms with van der Waals surface area (Å²) in [7, 11) is 0. The van der Waals surface area contributed by atoms with Gasteiger partial charge in [-0.1, -0.05) is 6.42 Å². The maximum absolute atomic E-state index is 14.0. The third kappa shape index (κ3) is 2.01. The van der Waals surface area contributed by atoms with Gasteiger partial charge in [-0.05, 0) is 42.9 Å². The summed E-state index contributed by atoms with van der Waals surface area (Å²) in [5, 5.41) is 2.47. The summed E-state index contributed by atoms with van der Waals surface area (Å²) in [6, 6.07) is 3.25. The van der Waals surface area contributed by atoms with E-state index in [9.17, 15) is 9.18 Å². The van der Waals surface area contributed by atoms with Crippen LogP contribution < -0.4 is 5.32 Å². The highest BCUT2D eigenvalue weighted by atomic mass is 35.5. The highest BCUT2D eigenvalue weighted by molar-refractivity contribution is 6.21. The van der Waals surface area contributed by atoms with Crippen molar-refractivity contribution in [2.75, 3.05) is 5.32 Å². The van der Waals surface area contributed by atoms with Crippen molar-refractivity contribution in [3.63, 3.8) is 0 Å². The van der Waals surface area contributed by atoms with Crippen molar-refractivity contribution >= 4 is 23.2 Å². The summed E-state index contributed by atoms with van der Waals surface area (Å²) < 4.78 is 14.0. The van der Waals surface area contributed by atoms with Crippen molar-refractivity contribution in [2.24, 2.45) is 5.92 Å². The third-order valence-electron chi connectivity index (χ3n) is 3.98. The van der Waals surface area contributed by atoms with E-state index in [2.05, 4.69) is 5.32 Å². The Morgan fingerprint density at radius 1 is 1.33 bits per heavy atom. The second kappa shape index (κ2) is 4.54. The first kappa shape index (κ1) is 12.0. The Kier molecular flexibility index (Phi) is 3.02. The molecule has 1 atom stereocenters. The van der Waals surface area contributed by atoms with Gasteiger partial charge in [-0.3, -0.25) is 4.79 Å². The summed E-state index contributed by atoms with van der Waals surface area (Å²) >= 11 is 6.36. The highest BCUT2D eigenvalue weighted by Gasteiger charge is 2.30. The summed E-state index contributed by atoms with van der Waals surface area (Å²) in [6.45, 7) is 0. The van der Waals surface area contributed by atoms with Gasteiger partial charge in [0, 0.05) is 17.7 Å². The number of anilines is 1. The number of alkyl halides is 1. The lowest BCUT2D eigenvalue weighted by molar-refractivity contribution is -0.116. The van der Waals surface area contributed by atoms with E-state index in [-0.39, 0.29) is 17.1 Å². The van der Waals surface area contributed by atoms with E-state index in [0.29, 0.717) is 30.0 Å². The molecule has 1 N–H and O–H groups in total. The Labute approximate surface area is 111 Å². The predicted octanol–water partition coefficient (Wildman–Crippen LogP) is 3.79. The van der Waals surface area contributed by atoms with Crippen molar-refractivity contribution in [1.82, 2.24) is 0 Å². The normalized spacial score (nSPS) is 20.9. The summed E-state index contributed by atoms with van der Waals surface area (Å²) in [6.07, 6.45) is 4.50. The van der Waals surface area contributed by atoms with E-state index in [1.807, 2.05) is 6.07 Å². The number of hydrogen-bond donors (Lipinski definition) is 1. The van der Waals surface area contributed by atoms with E-state index >= 15 is 0 Å². The van der Waals surface area contributed by atoms with Crippen LogP contribution in [0.3, 0.4) is 0 Å².